The summed E-state index contributed by atoms with van der Waals surface area (Å²) in [6.07, 6.45) is 0. The Bertz CT molecular complexity index is 333. The van der Waals surface area contributed by atoms with Crippen molar-refractivity contribution in [3.8, 4) is 6.57 Å². The van der Waals surface area contributed by atoms with Crippen molar-refractivity contribution in [3.05, 3.63) is 35.9 Å². The Morgan fingerprint density at radius 1 is 1.44 bits per heavy atom. The molecule has 0 saturated heterocycles. The normalized spacial score (nSPS) is 12.1. The van der Waals surface area contributed by atoms with Crippen molar-refractivity contribution < 1.29 is 4.84 Å². The van der Waals surface area contributed by atoms with E-state index in [0.29, 0.717) is 12.4 Å². The van der Waals surface area contributed by atoms with Gasteiger partial charge in [0.05, 0.1) is 0 Å². The van der Waals surface area contributed by atoms with Crippen molar-refractivity contribution in [2.45, 2.75) is 19.8 Å². The topological polar surface area (TPSA) is 71.4 Å². The highest BCUT2D eigenvalue weighted by molar-refractivity contribution is 5.86. The van der Waals surface area contributed by atoms with Crippen molar-refractivity contribution in [2.24, 2.45) is 10.9 Å². The van der Waals surface area contributed by atoms with Gasteiger partial charge in [-0.15, -0.1) is 0 Å². The number of benzene rings is 1. The SMILES string of the molecule is C#N.CCON=C(N)C(C)c1ccccc1. The second-order valence-corrected chi connectivity index (χ2v) is 3.07. The van der Waals surface area contributed by atoms with Gasteiger partial charge in [-0.2, -0.15) is 0 Å². The third kappa shape index (κ3) is 4.47. The maximum Gasteiger partial charge on any atom is 0.146 e. The Morgan fingerprint density at radius 3 is 2.50 bits per heavy atom. The van der Waals surface area contributed by atoms with E-state index in [1.54, 1.807) is 0 Å². The molecule has 0 heterocycles. The van der Waals surface area contributed by atoms with Crippen LogP contribution in [0.5, 0.6) is 0 Å². The van der Waals surface area contributed by atoms with Gasteiger partial charge in [-0.05, 0) is 12.5 Å². The van der Waals surface area contributed by atoms with Gasteiger partial charge in [0.25, 0.3) is 0 Å². The molecule has 0 aliphatic rings. The standard InChI is InChI=1S/C11H16N2O.CHN/c1-3-14-13-11(12)9(2)10-7-5-4-6-8-10;1-2/h4-9H,3H2,1-2H3,(H2,12,13);1H. The summed E-state index contributed by atoms with van der Waals surface area (Å²) in [5.74, 6) is 0.612. The lowest BCUT2D eigenvalue weighted by Crippen LogP contribution is -2.20. The monoisotopic (exact) mass is 219 g/mol. The lowest BCUT2D eigenvalue weighted by Gasteiger charge is -2.10. The molecule has 16 heavy (non-hydrogen) atoms. The van der Waals surface area contributed by atoms with E-state index in [-0.39, 0.29) is 5.92 Å². The number of oxime groups is 1. The third-order valence-corrected chi connectivity index (χ3v) is 2.04. The zero-order chi connectivity index (χ0) is 12.4. The van der Waals surface area contributed by atoms with Crippen molar-refractivity contribution in [3.63, 3.8) is 0 Å². The highest BCUT2D eigenvalue weighted by Crippen LogP contribution is 2.14. The molecule has 0 spiro atoms. The molecule has 0 amide bonds. The third-order valence-electron chi connectivity index (χ3n) is 2.04. The van der Waals surface area contributed by atoms with Gasteiger partial charge < -0.3 is 10.6 Å². The molecule has 1 atom stereocenters. The molecule has 2 N–H and O–H groups in total. The molecule has 0 aliphatic carbocycles. The van der Waals surface area contributed by atoms with E-state index in [1.165, 1.54) is 0 Å². The number of hydrogen-bond acceptors (Lipinski definition) is 3. The van der Waals surface area contributed by atoms with E-state index < -0.39 is 0 Å². The zero-order valence-corrected chi connectivity index (χ0v) is 9.63. The summed E-state index contributed by atoms with van der Waals surface area (Å²) in [5.41, 5.74) is 6.91. The molecular weight excluding hydrogens is 202 g/mol. The number of nitriles is 1. The quantitative estimate of drug-likeness (QED) is 0.479. The molecule has 4 nitrogen and oxygen atoms in total. The molecule has 0 aromatic heterocycles. The van der Waals surface area contributed by atoms with Crippen LogP contribution in [-0.2, 0) is 4.84 Å². The minimum Gasteiger partial charge on any atom is -0.395 e. The molecular formula is C12H17N3O. The molecule has 1 aromatic carbocycles. The number of nitrogens with zero attached hydrogens (tertiary/aromatic N) is 2. The Hall–Kier alpha value is -2.02. The first-order valence-electron chi connectivity index (χ1n) is 5.01. The van der Waals surface area contributed by atoms with Crippen molar-refractivity contribution in [2.75, 3.05) is 6.61 Å². The maximum absolute atomic E-state index is 6.50. The number of hydrogen-bond donors (Lipinski definition) is 1. The van der Waals surface area contributed by atoms with Crippen LogP contribution in [0.15, 0.2) is 35.5 Å². The maximum atomic E-state index is 6.50. The second kappa shape index (κ2) is 8.30. The predicted octanol–water partition coefficient (Wildman–Crippen LogP) is 2.24. The fourth-order valence-corrected chi connectivity index (χ4v) is 1.13. The van der Waals surface area contributed by atoms with Crippen molar-refractivity contribution in [1.82, 2.24) is 0 Å². The lowest BCUT2D eigenvalue weighted by atomic mass is 10.0. The highest BCUT2D eigenvalue weighted by Gasteiger charge is 2.09. The smallest absolute Gasteiger partial charge is 0.146 e. The first-order chi connectivity index (χ1) is 7.75. The number of rotatable bonds is 4. The van der Waals surface area contributed by atoms with Crippen LogP contribution >= 0.6 is 0 Å². The number of amidine groups is 1. The average Bonchev–Trinajstić information content (AvgIpc) is 2.38. The van der Waals surface area contributed by atoms with Crippen LogP contribution in [0, 0.1) is 11.8 Å². The minimum absolute atomic E-state index is 0.0998. The van der Waals surface area contributed by atoms with Crippen LogP contribution < -0.4 is 5.73 Å². The molecule has 0 aliphatic heterocycles. The zero-order valence-electron chi connectivity index (χ0n) is 9.63. The Morgan fingerprint density at radius 2 is 2.00 bits per heavy atom. The second-order valence-electron chi connectivity index (χ2n) is 3.07. The highest BCUT2D eigenvalue weighted by atomic mass is 16.6. The van der Waals surface area contributed by atoms with Crippen LogP contribution in [-0.4, -0.2) is 12.4 Å². The van der Waals surface area contributed by atoms with Crippen LogP contribution in [0.2, 0.25) is 0 Å². The summed E-state index contributed by atoms with van der Waals surface area (Å²) >= 11 is 0. The first kappa shape index (κ1) is 14.0. The van der Waals surface area contributed by atoms with Gasteiger partial charge in [-0.1, -0.05) is 42.4 Å². The van der Waals surface area contributed by atoms with Crippen molar-refractivity contribution in [1.29, 1.82) is 5.26 Å². The van der Waals surface area contributed by atoms with Crippen LogP contribution in [0.1, 0.15) is 25.3 Å². The Balaban J connectivity index is 0.00000106. The van der Waals surface area contributed by atoms with Gasteiger partial charge in [0.1, 0.15) is 12.4 Å². The molecule has 1 rings (SSSR count). The van der Waals surface area contributed by atoms with Gasteiger partial charge >= 0.3 is 0 Å². The summed E-state index contributed by atoms with van der Waals surface area (Å²) in [6, 6.07) is 10.0. The minimum atomic E-state index is 0.0998. The average molecular weight is 219 g/mol. The first-order valence-corrected chi connectivity index (χ1v) is 5.01. The van der Waals surface area contributed by atoms with Gasteiger partial charge in [-0.3, -0.25) is 0 Å². The molecule has 0 fully saturated rings. The van der Waals surface area contributed by atoms with E-state index in [0.717, 1.165) is 5.56 Å². The Kier molecular flexibility index (Phi) is 7.25. The van der Waals surface area contributed by atoms with E-state index in [9.17, 15) is 0 Å². The van der Waals surface area contributed by atoms with E-state index in [1.807, 2.05) is 44.2 Å². The van der Waals surface area contributed by atoms with Crippen LogP contribution in [0.3, 0.4) is 0 Å². The molecule has 0 radical (unpaired) electrons. The van der Waals surface area contributed by atoms with Crippen LogP contribution in [0.4, 0.5) is 0 Å². The van der Waals surface area contributed by atoms with Crippen LogP contribution in [0.25, 0.3) is 0 Å². The molecule has 0 bridgehead atoms. The summed E-state index contributed by atoms with van der Waals surface area (Å²) in [6.45, 7) is 7.93. The van der Waals surface area contributed by atoms with Gasteiger partial charge in [0.15, 0.2) is 0 Å². The molecule has 0 saturated carbocycles. The largest absolute Gasteiger partial charge is 0.395 e. The van der Waals surface area contributed by atoms with E-state index in [4.69, 9.17) is 15.8 Å². The van der Waals surface area contributed by atoms with Gasteiger partial charge in [0.2, 0.25) is 0 Å². The summed E-state index contributed by atoms with van der Waals surface area (Å²) in [5, 5.41) is 10.3. The van der Waals surface area contributed by atoms with E-state index >= 15 is 0 Å². The fourth-order valence-electron chi connectivity index (χ4n) is 1.13. The number of nitrogens with two attached hydrogens (primary N) is 1. The molecule has 86 valence electrons. The molecule has 1 aromatic rings. The molecule has 1 unspecified atom stereocenters. The van der Waals surface area contributed by atoms with Gasteiger partial charge in [-0.25, -0.2) is 5.26 Å². The molecule has 4 heteroatoms. The van der Waals surface area contributed by atoms with E-state index in [2.05, 4.69) is 11.7 Å². The summed E-state index contributed by atoms with van der Waals surface area (Å²) in [7, 11) is 0. The predicted molar refractivity (Wildman–Crippen MR) is 64.8 cm³/mol. The fraction of sp³-hybridized carbons (Fsp3) is 0.333. The van der Waals surface area contributed by atoms with Gasteiger partial charge in [0, 0.05) is 12.5 Å². The lowest BCUT2D eigenvalue weighted by molar-refractivity contribution is 0.157. The van der Waals surface area contributed by atoms with Crippen molar-refractivity contribution >= 4 is 5.84 Å². The summed E-state index contributed by atoms with van der Waals surface area (Å²) in [4.78, 5) is 4.90. The summed E-state index contributed by atoms with van der Waals surface area (Å²) < 4.78 is 0. The Labute approximate surface area is 96.3 Å².